The lowest BCUT2D eigenvalue weighted by Gasteiger charge is -2.16. The van der Waals surface area contributed by atoms with E-state index in [-0.39, 0.29) is 0 Å². The van der Waals surface area contributed by atoms with Gasteiger partial charge in [0.25, 0.3) is 0 Å². The van der Waals surface area contributed by atoms with Crippen LogP contribution in [-0.2, 0) is 0 Å². The van der Waals surface area contributed by atoms with Crippen LogP contribution in [0.25, 0.3) is 0 Å². The normalized spacial score (nSPS) is 12.2. The molecule has 0 amide bonds. The average molecular weight is 269 g/mol. The van der Waals surface area contributed by atoms with Crippen molar-refractivity contribution in [3.8, 4) is 0 Å². The highest BCUT2D eigenvalue weighted by Crippen LogP contribution is 2.21. The van der Waals surface area contributed by atoms with Gasteiger partial charge in [0.15, 0.2) is 0 Å². The summed E-state index contributed by atoms with van der Waals surface area (Å²) in [7, 11) is 0. The van der Waals surface area contributed by atoms with Crippen molar-refractivity contribution in [3.05, 3.63) is 64.2 Å². The monoisotopic (exact) mass is 269 g/mol. The Hall–Kier alpha value is -1.80. The van der Waals surface area contributed by atoms with E-state index in [0.717, 1.165) is 16.8 Å². The van der Waals surface area contributed by atoms with Crippen molar-refractivity contribution in [2.24, 2.45) is 0 Å². The fourth-order valence-corrected chi connectivity index (χ4v) is 2.52. The summed E-state index contributed by atoms with van der Waals surface area (Å²) in [6, 6.07) is 12.5. The lowest BCUT2D eigenvalue weighted by Crippen LogP contribution is -2.13. The molecule has 0 saturated carbocycles. The van der Waals surface area contributed by atoms with E-state index >= 15 is 0 Å². The second kappa shape index (κ2) is 6.10. The number of hydrogen-bond donors (Lipinski definition) is 2. The number of rotatable bonds is 4. The van der Waals surface area contributed by atoms with E-state index in [1.165, 1.54) is 16.7 Å². The molecule has 0 fully saturated rings. The van der Waals surface area contributed by atoms with Crippen molar-refractivity contribution in [1.82, 2.24) is 0 Å². The Bertz CT molecular complexity index is 584. The molecule has 2 rings (SSSR count). The van der Waals surface area contributed by atoms with Gasteiger partial charge in [-0.05, 0) is 62.1 Å². The maximum Gasteiger partial charge on any atom is 0.0964 e. The largest absolute Gasteiger partial charge is 0.387 e. The number of aryl methyl sites for hydroxylation is 4. The molecule has 0 saturated heterocycles. The van der Waals surface area contributed by atoms with Crippen molar-refractivity contribution in [1.29, 1.82) is 0 Å². The Morgan fingerprint density at radius 3 is 2.20 bits per heavy atom. The molecule has 0 bridgehead atoms. The molecule has 1 unspecified atom stereocenters. The van der Waals surface area contributed by atoms with Gasteiger partial charge < -0.3 is 10.4 Å². The molecule has 2 nitrogen and oxygen atoms in total. The third-order valence-electron chi connectivity index (χ3n) is 3.51. The van der Waals surface area contributed by atoms with Crippen LogP contribution in [0.5, 0.6) is 0 Å². The molecule has 0 aromatic heterocycles. The minimum Gasteiger partial charge on any atom is -0.387 e. The molecule has 0 aliphatic rings. The molecule has 2 aromatic carbocycles. The first-order valence-electron chi connectivity index (χ1n) is 7.03. The van der Waals surface area contributed by atoms with Crippen LogP contribution >= 0.6 is 0 Å². The van der Waals surface area contributed by atoms with Gasteiger partial charge in [-0.15, -0.1) is 0 Å². The maximum absolute atomic E-state index is 10.4. The summed E-state index contributed by atoms with van der Waals surface area (Å²) in [4.78, 5) is 0. The predicted molar refractivity (Wildman–Crippen MR) is 85.3 cm³/mol. The topological polar surface area (TPSA) is 32.3 Å². The number of aliphatic hydroxyl groups is 1. The van der Waals surface area contributed by atoms with E-state index in [9.17, 15) is 5.11 Å². The maximum atomic E-state index is 10.4. The minimum absolute atomic E-state index is 0.490. The summed E-state index contributed by atoms with van der Waals surface area (Å²) >= 11 is 0. The van der Waals surface area contributed by atoms with Crippen LogP contribution in [0.2, 0.25) is 0 Å². The summed E-state index contributed by atoms with van der Waals surface area (Å²) in [5.41, 5.74) is 6.83. The van der Waals surface area contributed by atoms with Crippen molar-refractivity contribution in [2.45, 2.75) is 33.8 Å². The lowest BCUT2D eigenvalue weighted by molar-refractivity contribution is 0.191. The van der Waals surface area contributed by atoms with Crippen molar-refractivity contribution in [3.63, 3.8) is 0 Å². The number of anilines is 1. The van der Waals surface area contributed by atoms with Gasteiger partial charge in [-0.25, -0.2) is 0 Å². The van der Waals surface area contributed by atoms with Gasteiger partial charge in [0.05, 0.1) is 6.10 Å². The molecular formula is C18H23NO. The zero-order valence-corrected chi connectivity index (χ0v) is 12.7. The van der Waals surface area contributed by atoms with Gasteiger partial charge >= 0.3 is 0 Å². The molecule has 0 aliphatic heterocycles. The number of hydrogen-bond acceptors (Lipinski definition) is 2. The highest BCUT2D eigenvalue weighted by molar-refractivity contribution is 5.48. The molecule has 2 N–H and O–H groups in total. The first-order chi connectivity index (χ1) is 9.45. The Morgan fingerprint density at radius 2 is 1.55 bits per heavy atom. The lowest BCUT2D eigenvalue weighted by atomic mass is 10.0. The minimum atomic E-state index is -0.490. The zero-order valence-electron chi connectivity index (χ0n) is 12.7. The van der Waals surface area contributed by atoms with E-state index in [2.05, 4.69) is 55.6 Å². The average Bonchev–Trinajstić information content (AvgIpc) is 2.38. The van der Waals surface area contributed by atoms with E-state index < -0.39 is 6.10 Å². The van der Waals surface area contributed by atoms with Crippen LogP contribution in [0.1, 0.15) is 33.9 Å². The van der Waals surface area contributed by atoms with E-state index in [1.54, 1.807) is 0 Å². The third kappa shape index (κ3) is 3.61. The Morgan fingerprint density at radius 1 is 0.900 bits per heavy atom. The van der Waals surface area contributed by atoms with E-state index in [0.29, 0.717) is 6.54 Å². The third-order valence-corrected chi connectivity index (χ3v) is 3.51. The van der Waals surface area contributed by atoms with Crippen LogP contribution in [0.15, 0.2) is 36.4 Å². The smallest absolute Gasteiger partial charge is 0.0964 e. The van der Waals surface area contributed by atoms with Crippen molar-refractivity contribution in [2.75, 3.05) is 11.9 Å². The number of aliphatic hydroxyl groups excluding tert-OH is 1. The van der Waals surface area contributed by atoms with Crippen LogP contribution in [0.3, 0.4) is 0 Å². The van der Waals surface area contributed by atoms with Crippen LogP contribution in [0, 0.1) is 27.7 Å². The first kappa shape index (κ1) is 14.6. The molecule has 0 radical (unpaired) electrons. The summed E-state index contributed by atoms with van der Waals surface area (Å²) in [6.07, 6.45) is -0.490. The number of nitrogens with one attached hydrogen (secondary N) is 1. The molecule has 0 heterocycles. The SMILES string of the molecule is Cc1cc(C)cc(NCC(O)c2cc(C)ccc2C)c1. The predicted octanol–water partition coefficient (Wildman–Crippen LogP) is 4.07. The fourth-order valence-electron chi connectivity index (χ4n) is 2.52. The molecule has 106 valence electrons. The van der Waals surface area contributed by atoms with Crippen molar-refractivity contribution >= 4 is 5.69 Å². The standard InChI is InChI=1S/C18H23NO/c1-12-5-6-15(4)17(10-12)18(20)11-19-16-8-13(2)7-14(3)9-16/h5-10,18-20H,11H2,1-4H3. The van der Waals surface area contributed by atoms with Crippen LogP contribution < -0.4 is 5.32 Å². The number of benzene rings is 2. The van der Waals surface area contributed by atoms with Gasteiger partial charge in [0.1, 0.15) is 0 Å². The molecule has 1 atom stereocenters. The van der Waals surface area contributed by atoms with Gasteiger partial charge in [-0.1, -0.05) is 29.8 Å². The van der Waals surface area contributed by atoms with Gasteiger partial charge in [0.2, 0.25) is 0 Å². The highest BCUT2D eigenvalue weighted by atomic mass is 16.3. The highest BCUT2D eigenvalue weighted by Gasteiger charge is 2.10. The molecule has 2 heteroatoms. The van der Waals surface area contributed by atoms with Crippen molar-refractivity contribution < 1.29 is 5.11 Å². The van der Waals surface area contributed by atoms with Crippen LogP contribution in [0.4, 0.5) is 5.69 Å². The second-order valence-electron chi connectivity index (χ2n) is 5.63. The molecular weight excluding hydrogens is 246 g/mol. The summed E-state index contributed by atoms with van der Waals surface area (Å²) < 4.78 is 0. The second-order valence-corrected chi connectivity index (χ2v) is 5.63. The Kier molecular flexibility index (Phi) is 4.46. The molecule has 2 aromatic rings. The van der Waals surface area contributed by atoms with E-state index in [1.807, 2.05) is 13.8 Å². The van der Waals surface area contributed by atoms with Gasteiger partial charge in [-0.2, -0.15) is 0 Å². The quantitative estimate of drug-likeness (QED) is 0.877. The molecule has 20 heavy (non-hydrogen) atoms. The molecule has 0 spiro atoms. The Labute approximate surface area is 121 Å². The summed E-state index contributed by atoms with van der Waals surface area (Å²) in [5, 5.41) is 13.7. The van der Waals surface area contributed by atoms with Gasteiger partial charge in [0, 0.05) is 12.2 Å². The van der Waals surface area contributed by atoms with E-state index in [4.69, 9.17) is 0 Å². The van der Waals surface area contributed by atoms with Crippen LogP contribution in [-0.4, -0.2) is 11.7 Å². The zero-order chi connectivity index (χ0) is 14.7. The first-order valence-corrected chi connectivity index (χ1v) is 7.03. The summed E-state index contributed by atoms with van der Waals surface area (Å²) in [5.74, 6) is 0. The fraction of sp³-hybridized carbons (Fsp3) is 0.333. The Balaban J connectivity index is 2.08. The summed E-state index contributed by atoms with van der Waals surface area (Å²) in [6.45, 7) is 8.77. The van der Waals surface area contributed by atoms with Gasteiger partial charge in [-0.3, -0.25) is 0 Å². The molecule has 0 aliphatic carbocycles.